The molecule has 1 aliphatic rings. The van der Waals surface area contributed by atoms with Crippen molar-refractivity contribution in [1.82, 2.24) is 4.90 Å². The molecule has 1 fully saturated rings. The van der Waals surface area contributed by atoms with Gasteiger partial charge in [-0.3, -0.25) is 9.59 Å². The van der Waals surface area contributed by atoms with E-state index >= 15 is 0 Å². The van der Waals surface area contributed by atoms with E-state index in [1.165, 1.54) is 12.1 Å². The normalized spacial score (nSPS) is 18.9. The van der Waals surface area contributed by atoms with Crippen molar-refractivity contribution in [3.63, 3.8) is 0 Å². The summed E-state index contributed by atoms with van der Waals surface area (Å²) in [5.74, 6) is -1.47. The molecule has 20 heavy (non-hydrogen) atoms. The van der Waals surface area contributed by atoms with Gasteiger partial charge in [-0.15, -0.1) is 0 Å². The summed E-state index contributed by atoms with van der Waals surface area (Å²) >= 11 is 0. The number of benzene rings is 1. The summed E-state index contributed by atoms with van der Waals surface area (Å²) in [6, 6.07) is 5.28. The molecule has 1 heterocycles. The number of hydrogen-bond acceptors (Lipinski definition) is 3. The Labute approximate surface area is 116 Å². The number of ether oxygens (including phenoxy) is 1. The van der Waals surface area contributed by atoms with Gasteiger partial charge in [-0.25, -0.2) is 4.39 Å². The number of amides is 1. The number of rotatable bonds is 4. The van der Waals surface area contributed by atoms with Crippen molar-refractivity contribution in [2.75, 3.05) is 19.8 Å². The van der Waals surface area contributed by atoms with Gasteiger partial charge < -0.3 is 14.7 Å². The summed E-state index contributed by atoms with van der Waals surface area (Å²) in [6.07, 6.45) is 0.00551. The zero-order chi connectivity index (χ0) is 14.5. The van der Waals surface area contributed by atoms with E-state index in [4.69, 9.17) is 9.84 Å². The van der Waals surface area contributed by atoms with E-state index < -0.39 is 12.0 Å². The fraction of sp³-hybridized carbons (Fsp3) is 0.429. The fourth-order valence-electron chi connectivity index (χ4n) is 2.23. The Hall–Kier alpha value is -1.95. The van der Waals surface area contributed by atoms with Crippen molar-refractivity contribution in [2.45, 2.75) is 18.9 Å². The van der Waals surface area contributed by atoms with Crippen molar-refractivity contribution in [3.8, 4) is 0 Å². The molecule has 1 atom stereocenters. The summed E-state index contributed by atoms with van der Waals surface area (Å²) in [6.45, 7) is 1.03. The van der Waals surface area contributed by atoms with Gasteiger partial charge >= 0.3 is 5.97 Å². The molecule has 0 bridgehead atoms. The summed E-state index contributed by atoms with van der Waals surface area (Å²) in [7, 11) is 0. The predicted octanol–water partition coefficient (Wildman–Crippen LogP) is 1.07. The second kappa shape index (κ2) is 6.47. The molecule has 0 aliphatic carbocycles. The number of aliphatic carboxylic acids is 1. The van der Waals surface area contributed by atoms with E-state index in [1.54, 1.807) is 17.0 Å². The SMILES string of the molecule is O=C(O)CC1COCCN1C(=O)Cc1ccc(F)cc1. The number of carbonyl (C=O) groups is 2. The highest BCUT2D eigenvalue weighted by atomic mass is 19.1. The number of carboxylic acid groups (broad SMARTS) is 1. The molecule has 1 N–H and O–H groups in total. The number of halogens is 1. The van der Waals surface area contributed by atoms with Gasteiger partial charge in [-0.2, -0.15) is 0 Å². The lowest BCUT2D eigenvalue weighted by Gasteiger charge is -2.35. The lowest BCUT2D eigenvalue weighted by molar-refractivity contribution is -0.145. The smallest absolute Gasteiger partial charge is 0.305 e. The first kappa shape index (κ1) is 14.5. The van der Waals surface area contributed by atoms with Crippen molar-refractivity contribution in [1.29, 1.82) is 0 Å². The van der Waals surface area contributed by atoms with Crippen molar-refractivity contribution in [3.05, 3.63) is 35.6 Å². The Bertz CT molecular complexity index is 488. The molecule has 1 aliphatic heterocycles. The van der Waals surface area contributed by atoms with Crippen LogP contribution in [0.15, 0.2) is 24.3 Å². The maximum atomic E-state index is 12.8. The first-order valence-electron chi connectivity index (χ1n) is 6.39. The third kappa shape index (κ3) is 3.77. The van der Waals surface area contributed by atoms with Crippen LogP contribution in [0.4, 0.5) is 4.39 Å². The lowest BCUT2D eigenvalue weighted by Crippen LogP contribution is -2.50. The number of nitrogens with zero attached hydrogens (tertiary/aromatic N) is 1. The standard InChI is InChI=1S/C14H16FNO4/c15-11-3-1-10(2-4-11)7-13(17)16-5-6-20-9-12(16)8-14(18)19/h1-4,12H,5-9H2,(H,18,19). The quantitative estimate of drug-likeness (QED) is 0.896. The molecule has 1 aromatic rings. The maximum Gasteiger partial charge on any atom is 0.305 e. The zero-order valence-corrected chi connectivity index (χ0v) is 10.9. The van der Waals surface area contributed by atoms with E-state index in [1.807, 2.05) is 0 Å². The molecule has 6 heteroatoms. The fourth-order valence-corrected chi connectivity index (χ4v) is 2.23. The Kier molecular flexibility index (Phi) is 4.68. The lowest BCUT2D eigenvalue weighted by atomic mass is 10.1. The molecule has 0 radical (unpaired) electrons. The zero-order valence-electron chi connectivity index (χ0n) is 10.9. The number of carbonyl (C=O) groups excluding carboxylic acids is 1. The molecular formula is C14H16FNO4. The Morgan fingerprint density at radius 1 is 1.35 bits per heavy atom. The molecule has 1 amide bonds. The summed E-state index contributed by atoms with van der Waals surface area (Å²) in [5, 5.41) is 8.85. The molecule has 1 aromatic carbocycles. The number of hydrogen-bond donors (Lipinski definition) is 1. The minimum Gasteiger partial charge on any atom is -0.481 e. The van der Waals surface area contributed by atoms with Gasteiger partial charge in [-0.05, 0) is 17.7 Å². The van der Waals surface area contributed by atoms with Crippen molar-refractivity contribution >= 4 is 11.9 Å². The van der Waals surface area contributed by atoms with Crippen molar-refractivity contribution in [2.24, 2.45) is 0 Å². The first-order valence-corrected chi connectivity index (χ1v) is 6.39. The van der Waals surface area contributed by atoms with Crippen LogP contribution in [-0.4, -0.2) is 47.7 Å². The second-order valence-corrected chi connectivity index (χ2v) is 4.72. The summed E-state index contributed by atoms with van der Waals surface area (Å²) in [5.41, 5.74) is 0.706. The Balaban J connectivity index is 2.01. The first-order chi connectivity index (χ1) is 9.56. The average Bonchev–Trinajstić information content (AvgIpc) is 2.41. The van der Waals surface area contributed by atoms with Gasteiger partial charge in [0.2, 0.25) is 5.91 Å². The van der Waals surface area contributed by atoms with E-state index in [-0.39, 0.29) is 31.2 Å². The molecule has 0 aromatic heterocycles. The molecule has 108 valence electrons. The molecule has 1 saturated heterocycles. The molecular weight excluding hydrogens is 265 g/mol. The van der Waals surface area contributed by atoms with Gasteiger partial charge in [0.25, 0.3) is 0 Å². The van der Waals surface area contributed by atoms with Crippen molar-refractivity contribution < 1.29 is 23.8 Å². The van der Waals surface area contributed by atoms with Crippen LogP contribution < -0.4 is 0 Å². The Morgan fingerprint density at radius 2 is 2.05 bits per heavy atom. The average molecular weight is 281 g/mol. The van der Waals surface area contributed by atoms with Crippen LogP contribution in [0.2, 0.25) is 0 Å². The number of morpholine rings is 1. The highest BCUT2D eigenvalue weighted by Crippen LogP contribution is 2.13. The van der Waals surface area contributed by atoms with Crippen LogP contribution >= 0.6 is 0 Å². The van der Waals surface area contributed by atoms with E-state index in [0.29, 0.717) is 18.7 Å². The molecule has 0 saturated carbocycles. The van der Waals surface area contributed by atoms with Gasteiger partial charge in [0.05, 0.1) is 32.1 Å². The Morgan fingerprint density at radius 3 is 2.70 bits per heavy atom. The van der Waals surface area contributed by atoms with Crippen LogP contribution in [0.25, 0.3) is 0 Å². The third-order valence-corrected chi connectivity index (χ3v) is 3.23. The van der Waals surface area contributed by atoms with Crippen LogP contribution in [0.1, 0.15) is 12.0 Å². The molecule has 5 nitrogen and oxygen atoms in total. The van der Waals surface area contributed by atoms with Gasteiger partial charge in [0.1, 0.15) is 5.82 Å². The van der Waals surface area contributed by atoms with E-state index in [0.717, 1.165) is 0 Å². The van der Waals surface area contributed by atoms with E-state index in [2.05, 4.69) is 0 Å². The highest BCUT2D eigenvalue weighted by Gasteiger charge is 2.28. The van der Waals surface area contributed by atoms with Crippen LogP contribution in [0.3, 0.4) is 0 Å². The van der Waals surface area contributed by atoms with E-state index in [9.17, 15) is 14.0 Å². The highest BCUT2D eigenvalue weighted by molar-refractivity contribution is 5.80. The maximum absolute atomic E-state index is 12.8. The second-order valence-electron chi connectivity index (χ2n) is 4.72. The molecule has 2 rings (SSSR count). The van der Waals surface area contributed by atoms with Crippen LogP contribution in [0, 0.1) is 5.82 Å². The minimum absolute atomic E-state index is 0.130. The predicted molar refractivity (Wildman–Crippen MR) is 68.7 cm³/mol. The molecule has 1 unspecified atom stereocenters. The monoisotopic (exact) mass is 281 g/mol. The summed E-state index contributed by atoms with van der Waals surface area (Å²) < 4.78 is 18.0. The third-order valence-electron chi connectivity index (χ3n) is 3.23. The van der Waals surface area contributed by atoms with Gasteiger partial charge in [-0.1, -0.05) is 12.1 Å². The van der Waals surface area contributed by atoms with Crippen LogP contribution in [-0.2, 0) is 20.7 Å². The van der Waals surface area contributed by atoms with Gasteiger partial charge in [0, 0.05) is 6.54 Å². The number of carboxylic acids is 1. The van der Waals surface area contributed by atoms with Gasteiger partial charge in [0.15, 0.2) is 0 Å². The summed E-state index contributed by atoms with van der Waals surface area (Å²) in [4.78, 5) is 24.6. The molecule has 0 spiro atoms. The van der Waals surface area contributed by atoms with Crippen LogP contribution in [0.5, 0.6) is 0 Å². The topological polar surface area (TPSA) is 66.8 Å². The minimum atomic E-state index is -0.958. The largest absolute Gasteiger partial charge is 0.481 e.